The van der Waals surface area contributed by atoms with E-state index in [0.29, 0.717) is 17.3 Å². The molecule has 1 heterocycles. The highest BCUT2D eigenvalue weighted by Crippen LogP contribution is 2.23. The molecule has 4 nitrogen and oxygen atoms in total. The number of terminal acetylenes is 1. The molecule has 74 valence electrons. The normalized spacial score (nSPS) is 11.8. The highest BCUT2D eigenvalue weighted by molar-refractivity contribution is 6.35. The first kappa shape index (κ1) is 10.6. The number of rotatable bonds is 3. The molecule has 14 heavy (non-hydrogen) atoms. The molecule has 0 radical (unpaired) electrons. The zero-order valence-electron chi connectivity index (χ0n) is 7.79. The van der Waals surface area contributed by atoms with E-state index in [4.69, 9.17) is 23.8 Å². The van der Waals surface area contributed by atoms with Crippen molar-refractivity contribution >= 4 is 23.2 Å². The van der Waals surface area contributed by atoms with E-state index in [1.54, 1.807) is 0 Å². The average Bonchev–Trinajstić information content (AvgIpc) is 2.13. The van der Waals surface area contributed by atoms with Gasteiger partial charge in [0, 0.05) is 12.5 Å². The van der Waals surface area contributed by atoms with Gasteiger partial charge in [0.2, 0.25) is 0 Å². The number of halogens is 1. The summed E-state index contributed by atoms with van der Waals surface area (Å²) in [5.41, 5.74) is 5.51. The molecule has 0 saturated heterocycles. The van der Waals surface area contributed by atoms with E-state index in [2.05, 4.69) is 21.2 Å². The maximum Gasteiger partial charge on any atom is 0.150 e. The maximum atomic E-state index is 5.87. The third kappa shape index (κ3) is 2.51. The molecule has 1 aromatic rings. The summed E-state index contributed by atoms with van der Waals surface area (Å²) < 4.78 is 0. The van der Waals surface area contributed by atoms with Gasteiger partial charge in [0.05, 0.1) is 0 Å². The summed E-state index contributed by atoms with van der Waals surface area (Å²) in [6, 6.07) is 0.104. The molecule has 0 aliphatic carbocycles. The van der Waals surface area contributed by atoms with Gasteiger partial charge >= 0.3 is 0 Å². The van der Waals surface area contributed by atoms with Crippen LogP contribution in [0, 0.1) is 12.3 Å². The van der Waals surface area contributed by atoms with Gasteiger partial charge in [-0.2, -0.15) is 0 Å². The summed E-state index contributed by atoms with van der Waals surface area (Å²) in [5, 5.41) is 3.38. The van der Waals surface area contributed by atoms with Crippen molar-refractivity contribution < 1.29 is 0 Å². The van der Waals surface area contributed by atoms with Crippen molar-refractivity contribution in [2.75, 3.05) is 11.1 Å². The van der Waals surface area contributed by atoms with Gasteiger partial charge in [0.15, 0.2) is 5.82 Å². The van der Waals surface area contributed by atoms with Gasteiger partial charge < -0.3 is 11.1 Å². The Labute approximate surface area is 87.9 Å². The number of nitrogens with one attached hydrogen (secondary N) is 1. The first-order valence-corrected chi connectivity index (χ1v) is 4.49. The predicted molar refractivity (Wildman–Crippen MR) is 58.0 cm³/mol. The van der Waals surface area contributed by atoms with Crippen molar-refractivity contribution in [2.45, 2.75) is 19.4 Å². The Morgan fingerprint density at radius 1 is 1.71 bits per heavy atom. The maximum absolute atomic E-state index is 5.87. The standard InChI is InChI=1S/C9H11ClN4/c1-3-4-6(2)14-9-7(10)8(11)12-5-13-9/h1,5-6H,4H2,2H3,(H3,11,12,13,14). The van der Waals surface area contributed by atoms with E-state index in [1.165, 1.54) is 6.33 Å². The molecule has 0 saturated carbocycles. The van der Waals surface area contributed by atoms with Crippen LogP contribution < -0.4 is 11.1 Å². The van der Waals surface area contributed by atoms with E-state index in [-0.39, 0.29) is 11.9 Å². The lowest BCUT2D eigenvalue weighted by molar-refractivity contribution is 0.820. The van der Waals surface area contributed by atoms with Gasteiger partial charge in [-0.1, -0.05) is 11.6 Å². The minimum absolute atomic E-state index is 0.104. The second-order valence-corrected chi connectivity index (χ2v) is 3.25. The van der Waals surface area contributed by atoms with Crippen LogP contribution in [-0.4, -0.2) is 16.0 Å². The molecule has 5 heteroatoms. The molecule has 0 amide bonds. The number of nitrogens with two attached hydrogens (primary N) is 1. The smallest absolute Gasteiger partial charge is 0.150 e. The first-order chi connectivity index (χ1) is 6.65. The molecular weight excluding hydrogens is 200 g/mol. The summed E-state index contributed by atoms with van der Waals surface area (Å²) in [5.74, 6) is 3.32. The van der Waals surface area contributed by atoms with Crippen molar-refractivity contribution in [3.63, 3.8) is 0 Å². The molecule has 1 rings (SSSR count). The van der Waals surface area contributed by atoms with Crippen LogP contribution in [0.5, 0.6) is 0 Å². The number of anilines is 2. The van der Waals surface area contributed by atoms with Crippen LogP contribution in [0.3, 0.4) is 0 Å². The van der Waals surface area contributed by atoms with E-state index in [1.807, 2.05) is 6.92 Å². The van der Waals surface area contributed by atoms with Crippen LogP contribution >= 0.6 is 11.6 Å². The lowest BCUT2D eigenvalue weighted by Crippen LogP contribution is -2.16. The molecule has 0 fully saturated rings. The molecule has 0 bridgehead atoms. The van der Waals surface area contributed by atoms with Gasteiger partial charge in [-0.3, -0.25) is 0 Å². The monoisotopic (exact) mass is 210 g/mol. The fourth-order valence-electron chi connectivity index (χ4n) is 0.945. The topological polar surface area (TPSA) is 63.8 Å². The Morgan fingerprint density at radius 3 is 3.07 bits per heavy atom. The number of hydrogen-bond acceptors (Lipinski definition) is 4. The number of aromatic nitrogens is 2. The second-order valence-electron chi connectivity index (χ2n) is 2.88. The minimum Gasteiger partial charge on any atom is -0.382 e. The zero-order chi connectivity index (χ0) is 10.6. The van der Waals surface area contributed by atoms with Crippen molar-refractivity contribution in [2.24, 2.45) is 0 Å². The lowest BCUT2D eigenvalue weighted by atomic mass is 10.2. The van der Waals surface area contributed by atoms with E-state index in [0.717, 1.165) is 0 Å². The van der Waals surface area contributed by atoms with E-state index < -0.39 is 0 Å². The number of nitrogen functional groups attached to an aromatic ring is 1. The molecule has 1 atom stereocenters. The van der Waals surface area contributed by atoms with Crippen LogP contribution in [0.25, 0.3) is 0 Å². The van der Waals surface area contributed by atoms with E-state index >= 15 is 0 Å². The lowest BCUT2D eigenvalue weighted by Gasteiger charge is -2.12. The van der Waals surface area contributed by atoms with Crippen LogP contribution in [0.4, 0.5) is 11.6 Å². The van der Waals surface area contributed by atoms with Crippen LogP contribution in [0.2, 0.25) is 5.02 Å². The molecule has 0 aliphatic heterocycles. The zero-order valence-corrected chi connectivity index (χ0v) is 8.54. The Morgan fingerprint density at radius 2 is 2.43 bits per heavy atom. The highest BCUT2D eigenvalue weighted by Gasteiger charge is 2.08. The third-order valence-electron chi connectivity index (χ3n) is 1.62. The van der Waals surface area contributed by atoms with Gasteiger partial charge in [-0.05, 0) is 6.92 Å². The Hall–Kier alpha value is -1.47. The summed E-state index contributed by atoms with van der Waals surface area (Å²) >= 11 is 5.87. The number of nitrogens with zero attached hydrogens (tertiary/aromatic N) is 2. The predicted octanol–water partition coefficient (Wildman–Crippen LogP) is 1.54. The quantitative estimate of drug-likeness (QED) is 0.743. The fraction of sp³-hybridized carbons (Fsp3) is 0.333. The minimum atomic E-state index is 0.104. The van der Waals surface area contributed by atoms with Gasteiger partial charge in [0.1, 0.15) is 17.2 Å². The SMILES string of the molecule is C#CCC(C)Nc1ncnc(N)c1Cl. The Kier molecular flexibility index (Phi) is 3.55. The van der Waals surface area contributed by atoms with Gasteiger partial charge in [0.25, 0.3) is 0 Å². The van der Waals surface area contributed by atoms with Crippen LogP contribution in [0.1, 0.15) is 13.3 Å². The second kappa shape index (κ2) is 4.68. The van der Waals surface area contributed by atoms with Gasteiger partial charge in [-0.25, -0.2) is 9.97 Å². The summed E-state index contributed by atoms with van der Waals surface area (Å²) in [6.07, 6.45) is 7.12. The largest absolute Gasteiger partial charge is 0.382 e. The van der Waals surface area contributed by atoms with Gasteiger partial charge in [-0.15, -0.1) is 12.3 Å². The van der Waals surface area contributed by atoms with Crippen molar-refractivity contribution in [1.29, 1.82) is 0 Å². The van der Waals surface area contributed by atoms with Crippen LogP contribution in [0.15, 0.2) is 6.33 Å². The highest BCUT2D eigenvalue weighted by atomic mass is 35.5. The summed E-state index contributed by atoms with van der Waals surface area (Å²) in [6.45, 7) is 1.94. The molecule has 0 aliphatic rings. The van der Waals surface area contributed by atoms with Crippen LogP contribution in [-0.2, 0) is 0 Å². The Bertz CT molecular complexity index is 358. The van der Waals surface area contributed by atoms with Crippen molar-refractivity contribution in [1.82, 2.24) is 9.97 Å². The van der Waals surface area contributed by atoms with E-state index in [9.17, 15) is 0 Å². The molecule has 0 aromatic carbocycles. The third-order valence-corrected chi connectivity index (χ3v) is 2.00. The summed E-state index contributed by atoms with van der Waals surface area (Å²) in [7, 11) is 0. The molecule has 0 spiro atoms. The van der Waals surface area contributed by atoms with Crippen molar-refractivity contribution in [3.05, 3.63) is 11.3 Å². The Balaban J connectivity index is 2.77. The summed E-state index contributed by atoms with van der Waals surface area (Å²) in [4.78, 5) is 7.71. The first-order valence-electron chi connectivity index (χ1n) is 4.11. The molecule has 1 unspecified atom stereocenters. The molecule has 3 N–H and O–H groups in total. The molecule has 1 aromatic heterocycles. The molecular formula is C9H11ClN4. The average molecular weight is 211 g/mol. The number of hydrogen-bond donors (Lipinski definition) is 2. The fourth-order valence-corrected chi connectivity index (χ4v) is 1.10. The van der Waals surface area contributed by atoms with Crippen molar-refractivity contribution in [3.8, 4) is 12.3 Å².